The van der Waals surface area contributed by atoms with E-state index in [2.05, 4.69) is 35.8 Å². The fourth-order valence-electron chi connectivity index (χ4n) is 4.39. The van der Waals surface area contributed by atoms with Crippen LogP contribution in [0.3, 0.4) is 0 Å². The molecule has 2 heterocycles. The standard InChI is InChI=1S/C24H23N3O/c1-16-7-9-17(10-8-16)18-13-24(28)27(25-15-18)19-11-12-21-20-5-3-4-6-22(20)26(2)23(21)14-19/h7-15H,3-6H2,1-2H3. The highest BCUT2D eigenvalue weighted by atomic mass is 16.1. The first-order valence-corrected chi connectivity index (χ1v) is 9.89. The summed E-state index contributed by atoms with van der Waals surface area (Å²) in [6, 6.07) is 16.1. The Bertz CT molecular complexity index is 1250. The van der Waals surface area contributed by atoms with Crippen LogP contribution in [0.15, 0.2) is 59.5 Å². The third-order valence-electron chi connectivity index (χ3n) is 5.94. The molecule has 0 N–H and O–H groups in total. The Morgan fingerprint density at radius 1 is 0.929 bits per heavy atom. The molecule has 0 unspecified atom stereocenters. The first-order valence-electron chi connectivity index (χ1n) is 9.89. The van der Waals surface area contributed by atoms with E-state index in [0.717, 1.165) is 29.7 Å². The number of fused-ring (bicyclic) bond motifs is 3. The summed E-state index contributed by atoms with van der Waals surface area (Å²) in [5.74, 6) is 0. The second kappa shape index (κ2) is 6.48. The van der Waals surface area contributed by atoms with Gasteiger partial charge in [-0.25, -0.2) is 0 Å². The number of hydrogen-bond acceptors (Lipinski definition) is 2. The van der Waals surface area contributed by atoms with Gasteiger partial charge in [0.25, 0.3) is 5.56 Å². The quantitative estimate of drug-likeness (QED) is 0.519. The molecule has 28 heavy (non-hydrogen) atoms. The molecule has 0 aliphatic heterocycles. The van der Waals surface area contributed by atoms with E-state index in [4.69, 9.17) is 0 Å². The minimum atomic E-state index is -0.114. The number of rotatable bonds is 2. The molecule has 5 rings (SSSR count). The highest BCUT2D eigenvalue weighted by molar-refractivity contribution is 5.87. The van der Waals surface area contributed by atoms with Crippen LogP contribution >= 0.6 is 0 Å². The van der Waals surface area contributed by atoms with Crippen molar-refractivity contribution < 1.29 is 0 Å². The number of hydrogen-bond donors (Lipinski definition) is 0. The van der Waals surface area contributed by atoms with Gasteiger partial charge in [-0.2, -0.15) is 9.78 Å². The van der Waals surface area contributed by atoms with Crippen LogP contribution < -0.4 is 5.56 Å². The van der Waals surface area contributed by atoms with Crippen molar-refractivity contribution in [3.8, 4) is 16.8 Å². The molecule has 4 aromatic rings. The Kier molecular flexibility index (Phi) is 3.93. The minimum absolute atomic E-state index is 0.114. The third kappa shape index (κ3) is 2.68. The van der Waals surface area contributed by atoms with E-state index in [1.165, 1.54) is 45.2 Å². The molecule has 1 aliphatic rings. The van der Waals surface area contributed by atoms with Crippen molar-refractivity contribution in [2.45, 2.75) is 32.6 Å². The van der Waals surface area contributed by atoms with Crippen molar-refractivity contribution in [2.75, 3.05) is 0 Å². The van der Waals surface area contributed by atoms with Crippen molar-refractivity contribution in [3.63, 3.8) is 0 Å². The molecule has 0 atom stereocenters. The molecule has 0 radical (unpaired) electrons. The molecular weight excluding hydrogens is 346 g/mol. The fraction of sp³-hybridized carbons (Fsp3) is 0.250. The van der Waals surface area contributed by atoms with Crippen LogP contribution in [-0.4, -0.2) is 14.3 Å². The molecule has 2 aromatic heterocycles. The van der Waals surface area contributed by atoms with Gasteiger partial charge in [0.2, 0.25) is 0 Å². The number of aryl methyl sites for hydroxylation is 3. The van der Waals surface area contributed by atoms with Gasteiger partial charge in [0.1, 0.15) is 0 Å². The smallest absolute Gasteiger partial charge is 0.272 e. The predicted octanol–water partition coefficient (Wildman–Crippen LogP) is 4.58. The van der Waals surface area contributed by atoms with Gasteiger partial charge in [0.15, 0.2) is 0 Å². The maximum absolute atomic E-state index is 12.8. The van der Waals surface area contributed by atoms with Crippen LogP contribution in [0.1, 0.15) is 29.7 Å². The van der Waals surface area contributed by atoms with Crippen LogP contribution in [0.5, 0.6) is 0 Å². The van der Waals surface area contributed by atoms with E-state index in [1.54, 1.807) is 12.3 Å². The van der Waals surface area contributed by atoms with Gasteiger partial charge in [-0.15, -0.1) is 0 Å². The SMILES string of the molecule is Cc1ccc(-c2cnn(-c3ccc4c5c(n(C)c4c3)CCCC5)c(=O)c2)cc1. The van der Waals surface area contributed by atoms with Gasteiger partial charge in [-0.1, -0.05) is 35.9 Å². The summed E-state index contributed by atoms with van der Waals surface area (Å²) in [4.78, 5) is 12.8. The molecule has 2 aromatic carbocycles. The molecule has 4 heteroatoms. The average molecular weight is 369 g/mol. The molecule has 0 spiro atoms. The Balaban J connectivity index is 1.59. The van der Waals surface area contributed by atoms with Crippen molar-refractivity contribution in [1.29, 1.82) is 0 Å². The van der Waals surface area contributed by atoms with E-state index in [1.807, 2.05) is 30.3 Å². The summed E-state index contributed by atoms with van der Waals surface area (Å²) < 4.78 is 3.78. The van der Waals surface area contributed by atoms with E-state index in [9.17, 15) is 4.79 Å². The first kappa shape index (κ1) is 17.0. The predicted molar refractivity (Wildman–Crippen MR) is 113 cm³/mol. The van der Waals surface area contributed by atoms with Crippen LogP contribution in [-0.2, 0) is 19.9 Å². The van der Waals surface area contributed by atoms with Crippen LogP contribution in [0.4, 0.5) is 0 Å². The first-order chi connectivity index (χ1) is 13.6. The van der Waals surface area contributed by atoms with Crippen molar-refractivity contribution in [2.24, 2.45) is 7.05 Å². The molecule has 0 saturated heterocycles. The van der Waals surface area contributed by atoms with Gasteiger partial charge in [-0.05, 0) is 55.9 Å². The number of benzene rings is 2. The molecule has 1 aliphatic carbocycles. The van der Waals surface area contributed by atoms with Crippen LogP contribution in [0, 0.1) is 6.92 Å². The van der Waals surface area contributed by atoms with Crippen molar-refractivity contribution >= 4 is 10.9 Å². The topological polar surface area (TPSA) is 39.8 Å². The Morgan fingerprint density at radius 3 is 2.50 bits per heavy atom. The molecular formula is C24H23N3O. The van der Waals surface area contributed by atoms with Gasteiger partial charge in [-0.3, -0.25) is 4.79 Å². The lowest BCUT2D eigenvalue weighted by Crippen LogP contribution is -2.20. The Hall–Kier alpha value is -3.14. The second-order valence-electron chi connectivity index (χ2n) is 7.75. The summed E-state index contributed by atoms with van der Waals surface area (Å²) in [6.45, 7) is 2.05. The van der Waals surface area contributed by atoms with E-state index in [-0.39, 0.29) is 5.56 Å². The van der Waals surface area contributed by atoms with Gasteiger partial charge < -0.3 is 4.57 Å². The number of aromatic nitrogens is 3. The van der Waals surface area contributed by atoms with Gasteiger partial charge >= 0.3 is 0 Å². The normalized spacial score (nSPS) is 13.6. The van der Waals surface area contributed by atoms with Crippen molar-refractivity contribution in [3.05, 3.63) is 81.9 Å². The molecule has 0 saturated carbocycles. The summed E-state index contributed by atoms with van der Waals surface area (Å²) >= 11 is 0. The van der Waals surface area contributed by atoms with E-state index >= 15 is 0 Å². The van der Waals surface area contributed by atoms with Crippen LogP contribution in [0.25, 0.3) is 27.7 Å². The highest BCUT2D eigenvalue weighted by Gasteiger charge is 2.18. The largest absolute Gasteiger partial charge is 0.347 e. The highest BCUT2D eigenvalue weighted by Crippen LogP contribution is 2.32. The maximum atomic E-state index is 12.8. The maximum Gasteiger partial charge on any atom is 0.272 e. The number of nitrogens with zero attached hydrogens (tertiary/aromatic N) is 3. The molecule has 0 bridgehead atoms. The monoisotopic (exact) mass is 369 g/mol. The zero-order chi connectivity index (χ0) is 19.3. The van der Waals surface area contributed by atoms with Crippen molar-refractivity contribution in [1.82, 2.24) is 14.3 Å². The van der Waals surface area contributed by atoms with Crippen LogP contribution in [0.2, 0.25) is 0 Å². The van der Waals surface area contributed by atoms with E-state index in [0.29, 0.717) is 0 Å². The Morgan fingerprint density at radius 2 is 1.71 bits per heavy atom. The van der Waals surface area contributed by atoms with Gasteiger partial charge in [0, 0.05) is 29.8 Å². The molecule has 4 nitrogen and oxygen atoms in total. The Labute approximate surface area is 164 Å². The lowest BCUT2D eigenvalue weighted by molar-refractivity contribution is 0.653. The summed E-state index contributed by atoms with van der Waals surface area (Å²) in [7, 11) is 2.13. The summed E-state index contributed by atoms with van der Waals surface area (Å²) in [5.41, 5.74) is 7.84. The minimum Gasteiger partial charge on any atom is -0.347 e. The molecule has 0 fully saturated rings. The molecule has 140 valence electrons. The fourth-order valence-corrected chi connectivity index (χ4v) is 4.39. The lowest BCUT2D eigenvalue weighted by atomic mass is 9.95. The third-order valence-corrected chi connectivity index (χ3v) is 5.94. The summed E-state index contributed by atoms with van der Waals surface area (Å²) in [5, 5.41) is 5.77. The van der Waals surface area contributed by atoms with E-state index < -0.39 is 0 Å². The zero-order valence-corrected chi connectivity index (χ0v) is 16.3. The zero-order valence-electron chi connectivity index (χ0n) is 16.3. The second-order valence-corrected chi connectivity index (χ2v) is 7.75. The lowest BCUT2D eigenvalue weighted by Gasteiger charge is -2.12. The molecule has 0 amide bonds. The van der Waals surface area contributed by atoms with Gasteiger partial charge in [0.05, 0.1) is 17.4 Å². The average Bonchev–Trinajstić information content (AvgIpc) is 3.01. The summed E-state index contributed by atoms with van der Waals surface area (Å²) in [6.07, 6.45) is 6.57.